The molecule has 2 aliphatic rings. The summed E-state index contributed by atoms with van der Waals surface area (Å²) < 4.78 is 0. The molecular formula is C13H21N3O4. The van der Waals surface area contributed by atoms with Gasteiger partial charge in [-0.1, -0.05) is 0 Å². The molecule has 2 rings (SSSR count). The molecule has 0 aromatic rings. The molecule has 0 aliphatic carbocycles. The molecule has 7 heteroatoms. The van der Waals surface area contributed by atoms with Gasteiger partial charge in [0.1, 0.15) is 0 Å². The number of hydrogen-bond donors (Lipinski definition) is 2. The van der Waals surface area contributed by atoms with Crippen LogP contribution in [0.1, 0.15) is 19.8 Å². The molecule has 20 heavy (non-hydrogen) atoms. The maximum atomic E-state index is 12.2. The third kappa shape index (κ3) is 3.27. The topological polar surface area (TPSA) is 90.0 Å². The number of piperazine rings is 1. The first-order valence-electron chi connectivity index (χ1n) is 7.01. The molecule has 2 saturated heterocycles. The summed E-state index contributed by atoms with van der Waals surface area (Å²) in [7, 11) is 0. The lowest BCUT2D eigenvalue weighted by molar-refractivity contribution is -0.146. The largest absolute Gasteiger partial charge is 0.481 e. The van der Waals surface area contributed by atoms with Crippen LogP contribution in [-0.4, -0.2) is 71.5 Å². The smallest absolute Gasteiger partial charge is 0.306 e. The summed E-state index contributed by atoms with van der Waals surface area (Å²) in [6, 6.07) is -0.288. The number of likely N-dealkylation sites (tertiary alicyclic amines) is 1. The predicted molar refractivity (Wildman–Crippen MR) is 71.0 cm³/mol. The summed E-state index contributed by atoms with van der Waals surface area (Å²) in [5, 5.41) is 11.7. The van der Waals surface area contributed by atoms with E-state index in [-0.39, 0.29) is 30.3 Å². The van der Waals surface area contributed by atoms with E-state index in [1.54, 1.807) is 11.8 Å². The van der Waals surface area contributed by atoms with E-state index in [1.165, 1.54) is 0 Å². The van der Waals surface area contributed by atoms with Crippen LogP contribution < -0.4 is 5.32 Å². The number of carbonyl (C=O) groups excluding carboxylic acids is 2. The maximum Gasteiger partial charge on any atom is 0.306 e. The Morgan fingerprint density at radius 1 is 1.30 bits per heavy atom. The van der Waals surface area contributed by atoms with Crippen molar-refractivity contribution < 1.29 is 19.5 Å². The van der Waals surface area contributed by atoms with Gasteiger partial charge in [0, 0.05) is 26.2 Å². The number of aliphatic carboxylic acids is 1. The average Bonchev–Trinajstić information content (AvgIpc) is 2.44. The van der Waals surface area contributed by atoms with E-state index in [2.05, 4.69) is 5.32 Å². The first kappa shape index (κ1) is 14.8. The van der Waals surface area contributed by atoms with E-state index < -0.39 is 5.97 Å². The summed E-state index contributed by atoms with van der Waals surface area (Å²) in [6.07, 6.45) is 1.02. The molecule has 2 amide bonds. The summed E-state index contributed by atoms with van der Waals surface area (Å²) in [5.74, 6) is -1.18. The van der Waals surface area contributed by atoms with Crippen LogP contribution >= 0.6 is 0 Å². The van der Waals surface area contributed by atoms with Crippen molar-refractivity contribution in [3.63, 3.8) is 0 Å². The Morgan fingerprint density at radius 2 is 1.95 bits per heavy atom. The Labute approximate surface area is 117 Å². The van der Waals surface area contributed by atoms with E-state index in [9.17, 15) is 14.4 Å². The van der Waals surface area contributed by atoms with Crippen LogP contribution in [0, 0.1) is 5.92 Å². The monoisotopic (exact) mass is 283 g/mol. The fraction of sp³-hybridized carbons (Fsp3) is 0.769. The first-order valence-corrected chi connectivity index (χ1v) is 7.01. The molecule has 2 heterocycles. The Morgan fingerprint density at radius 3 is 2.55 bits per heavy atom. The molecule has 0 spiro atoms. The first-order chi connectivity index (χ1) is 9.49. The number of hydrogen-bond acceptors (Lipinski definition) is 4. The van der Waals surface area contributed by atoms with Gasteiger partial charge in [0.25, 0.3) is 0 Å². The Kier molecular flexibility index (Phi) is 4.59. The highest BCUT2D eigenvalue weighted by Gasteiger charge is 2.31. The number of carbonyl (C=O) groups is 3. The predicted octanol–water partition coefficient (Wildman–Crippen LogP) is -0.870. The minimum atomic E-state index is -0.779. The van der Waals surface area contributed by atoms with Crippen molar-refractivity contribution in [1.82, 2.24) is 15.1 Å². The maximum absolute atomic E-state index is 12.2. The number of nitrogens with one attached hydrogen (secondary N) is 1. The van der Waals surface area contributed by atoms with Gasteiger partial charge in [-0.05, 0) is 19.8 Å². The molecule has 1 unspecified atom stereocenters. The molecule has 0 aromatic carbocycles. The molecule has 0 aromatic heterocycles. The Hall–Kier alpha value is -1.63. The molecule has 1 atom stereocenters. The second kappa shape index (κ2) is 6.21. The summed E-state index contributed by atoms with van der Waals surface area (Å²) in [4.78, 5) is 38.2. The minimum absolute atomic E-state index is 0.0182. The summed E-state index contributed by atoms with van der Waals surface area (Å²) >= 11 is 0. The molecule has 2 N–H and O–H groups in total. The van der Waals surface area contributed by atoms with Crippen molar-refractivity contribution in [2.45, 2.75) is 25.8 Å². The fourth-order valence-electron chi connectivity index (χ4n) is 2.70. The van der Waals surface area contributed by atoms with Crippen molar-refractivity contribution in [3.8, 4) is 0 Å². The van der Waals surface area contributed by atoms with Gasteiger partial charge in [-0.15, -0.1) is 0 Å². The van der Waals surface area contributed by atoms with Gasteiger partial charge in [0.05, 0.1) is 18.5 Å². The Bertz CT molecular complexity index is 404. The normalized spacial score (nSPS) is 25.4. The minimum Gasteiger partial charge on any atom is -0.481 e. The van der Waals surface area contributed by atoms with Crippen molar-refractivity contribution in [3.05, 3.63) is 0 Å². The van der Waals surface area contributed by atoms with Crippen molar-refractivity contribution in [2.75, 3.05) is 32.7 Å². The number of amides is 2. The zero-order valence-corrected chi connectivity index (χ0v) is 11.7. The second-order valence-electron chi connectivity index (χ2n) is 5.43. The zero-order chi connectivity index (χ0) is 14.7. The standard InChI is InChI=1S/C13H21N3O4/c1-9-12(18)14-4-7-16(9)8-11(17)15-5-2-10(3-6-15)13(19)20/h9-10H,2-8H2,1H3,(H,14,18)(H,19,20). The number of rotatable bonds is 3. The van der Waals surface area contributed by atoms with E-state index in [0.29, 0.717) is 39.0 Å². The summed E-state index contributed by atoms with van der Waals surface area (Å²) in [6.45, 7) is 4.24. The van der Waals surface area contributed by atoms with Gasteiger partial charge < -0.3 is 15.3 Å². The van der Waals surface area contributed by atoms with Gasteiger partial charge in [-0.3, -0.25) is 19.3 Å². The summed E-state index contributed by atoms with van der Waals surface area (Å²) in [5.41, 5.74) is 0. The highest BCUT2D eigenvalue weighted by molar-refractivity contribution is 5.84. The van der Waals surface area contributed by atoms with Gasteiger partial charge in [-0.25, -0.2) is 0 Å². The van der Waals surface area contributed by atoms with Gasteiger partial charge in [0.15, 0.2) is 0 Å². The van der Waals surface area contributed by atoms with Crippen molar-refractivity contribution in [2.24, 2.45) is 5.92 Å². The second-order valence-corrected chi connectivity index (χ2v) is 5.43. The van der Waals surface area contributed by atoms with E-state index >= 15 is 0 Å². The van der Waals surface area contributed by atoms with Crippen LogP contribution in [0.15, 0.2) is 0 Å². The number of piperidine rings is 1. The van der Waals surface area contributed by atoms with Gasteiger partial charge >= 0.3 is 5.97 Å². The zero-order valence-electron chi connectivity index (χ0n) is 11.7. The lowest BCUT2D eigenvalue weighted by atomic mass is 9.97. The van der Waals surface area contributed by atoms with Crippen LogP contribution in [0.25, 0.3) is 0 Å². The van der Waals surface area contributed by atoms with Crippen LogP contribution in [0.3, 0.4) is 0 Å². The molecule has 2 aliphatic heterocycles. The molecular weight excluding hydrogens is 262 g/mol. The number of nitrogens with zero attached hydrogens (tertiary/aromatic N) is 2. The van der Waals surface area contributed by atoms with Crippen LogP contribution in [-0.2, 0) is 14.4 Å². The average molecular weight is 283 g/mol. The van der Waals surface area contributed by atoms with E-state index in [1.807, 2.05) is 4.90 Å². The molecule has 7 nitrogen and oxygen atoms in total. The van der Waals surface area contributed by atoms with Crippen molar-refractivity contribution in [1.29, 1.82) is 0 Å². The third-order valence-electron chi connectivity index (χ3n) is 4.16. The van der Waals surface area contributed by atoms with Crippen molar-refractivity contribution >= 4 is 17.8 Å². The quantitative estimate of drug-likeness (QED) is 0.703. The van der Waals surface area contributed by atoms with Crippen LogP contribution in [0.4, 0.5) is 0 Å². The lowest BCUT2D eigenvalue weighted by Gasteiger charge is -2.35. The van der Waals surface area contributed by atoms with Gasteiger partial charge in [-0.2, -0.15) is 0 Å². The number of carboxylic acid groups (broad SMARTS) is 1. The molecule has 0 saturated carbocycles. The highest BCUT2D eigenvalue weighted by Crippen LogP contribution is 2.17. The third-order valence-corrected chi connectivity index (χ3v) is 4.16. The number of carboxylic acids is 1. The fourth-order valence-corrected chi connectivity index (χ4v) is 2.70. The SMILES string of the molecule is CC1C(=O)NCCN1CC(=O)N1CCC(C(=O)O)CC1. The van der Waals surface area contributed by atoms with E-state index in [0.717, 1.165) is 0 Å². The lowest BCUT2D eigenvalue weighted by Crippen LogP contribution is -2.56. The molecule has 0 bridgehead atoms. The van der Waals surface area contributed by atoms with Gasteiger partial charge in [0.2, 0.25) is 11.8 Å². The Balaban J connectivity index is 1.83. The van der Waals surface area contributed by atoms with Crippen LogP contribution in [0.2, 0.25) is 0 Å². The molecule has 2 fully saturated rings. The molecule has 0 radical (unpaired) electrons. The van der Waals surface area contributed by atoms with E-state index in [4.69, 9.17) is 5.11 Å². The van der Waals surface area contributed by atoms with Crippen LogP contribution in [0.5, 0.6) is 0 Å². The molecule has 112 valence electrons. The highest BCUT2D eigenvalue weighted by atomic mass is 16.4.